The van der Waals surface area contributed by atoms with Gasteiger partial charge < -0.3 is 4.74 Å². The van der Waals surface area contributed by atoms with Gasteiger partial charge in [0.2, 0.25) is 0 Å². The molecule has 1 atom stereocenters. The number of amides is 1. The second-order valence-corrected chi connectivity index (χ2v) is 6.93. The predicted molar refractivity (Wildman–Crippen MR) is 104 cm³/mol. The highest BCUT2D eigenvalue weighted by atomic mass is 79.9. The Hall–Kier alpha value is -2.38. The lowest BCUT2D eigenvalue weighted by molar-refractivity contribution is 0.121. The highest BCUT2D eigenvalue weighted by Crippen LogP contribution is 2.26. The van der Waals surface area contributed by atoms with E-state index in [0.717, 1.165) is 15.7 Å². The van der Waals surface area contributed by atoms with Crippen LogP contribution >= 0.6 is 27.5 Å². The molecule has 2 aromatic carbocycles. The number of rotatable bonds is 4. The molecule has 0 radical (unpaired) electrons. The van der Waals surface area contributed by atoms with Crippen LogP contribution in [-0.2, 0) is 4.74 Å². The monoisotopic (exact) mass is 434 g/mol. The maximum Gasteiger partial charge on any atom is 0.413 e. The van der Waals surface area contributed by atoms with E-state index in [1.807, 2.05) is 42.5 Å². The average Bonchev–Trinajstić information content (AvgIpc) is 2.96. The summed E-state index contributed by atoms with van der Waals surface area (Å²) in [4.78, 5) is 12.3. The molecule has 0 saturated heterocycles. The van der Waals surface area contributed by atoms with Crippen LogP contribution in [0.4, 0.5) is 10.6 Å². The topological polar surface area (TPSA) is 69.0 Å². The summed E-state index contributed by atoms with van der Waals surface area (Å²) in [7, 11) is 0. The zero-order valence-electron chi connectivity index (χ0n) is 14.1. The van der Waals surface area contributed by atoms with Crippen LogP contribution in [-0.4, -0.2) is 21.1 Å². The third-order valence-corrected chi connectivity index (χ3v) is 4.63. The summed E-state index contributed by atoms with van der Waals surface area (Å²) < 4.78 is 7.93. The van der Waals surface area contributed by atoms with E-state index in [9.17, 15) is 4.79 Å². The van der Waals surface area contributed by atoms with Crippen LogP contribution in [0.5, 0.6) is 0 Å². The first-order valence-corrected chi connectivity index (χ1v) is 9.03. The highest BCUT2D eigenvalue weighted by Gasteiger charge is 2.18. The lowest BCUT2D eigenvalue weighted by Gasteiger charge is -2.16. The molecule has 0 fully saturated rings. The van der Waals surface area contributed by atoms with Crippen molar-refractivity contribution >= 4 is 39.4 Å². The number of hydrogen-bond donors (Lipinski definition) is 1. The van der Waals surface area contributed by atoms with E-state index in [0.29, 0.717) is 16.5 Å². The van der Waals surface area contributed by atoms with Gasteiger partial charge in [0.15, 0.2) is 5.82 Å². The fraction of sp³-hybridized carbons (Fsp3) is 0.167. The number of anilines is 1. The molecule has 134 valence electrons. The van der Waals surface area contributed by atoms with Gasteiger partial charge >= 0.3 is 6.09 Å². The molecular formula is C18H16BrClN4O2. The van der Waals surface area contributed by atoms with Crippen molar-refractivity contribution in [2.45, 2.75) is 20.0 Å². The number of halogens is 2. The second-order valence-electron chi connectivity index (χ2n) is 5.61. The first kappa shape index (κ1) is 18.4. The molecular weight excluding hydrogens is 420 g/mol. The molecule has 0 aliphatic carbocycles. The number of nitrogens with one attached hydrogen (secondary N) is 1. The Morgan fingerprint density at radius 3 is 2.62 bits per heavy atom. The third kappa shape index (κ3) is 4.05. The van der Waals surface area contributed by atoms with Crippen molar-refractivity contribution in [1.82, 2.24) is 15.0 Å². The third-order valence-electron chi connectivity index (χ3n) is 3.76. The van der Waals surface area contributed by atoms with Crippen LogP contribution in [0.1, 0.15) is 24.3 Å². The Morgan fingerprint density at radius 1 is 1.23 bits per heavy atom. The number of aryl methyl sites for hydroxylation is 1. The Bertz CT molecular complexity index is 927. The molecule has 1 amide bonds. The van der Waals surface area contributed by atoms with Gasteiger partial charge in [-0.15, -0.1) is 5.10 Å². The van der Waals surface area contributed by atoms with Crippen LogP contribution in [0.3, 0.4) is 0 Å². The van der Waals surface area contributed by atoms with Crippen molar-refractivity contribution in [3.05, 3.63) is 69.3 Å². The summed E-state index contributed by atoms with van der Waals surface area (Å²) in [6, 6.07) is 14.7. The molecule has 1 N–H and O–H groups in total. The maximum absolute atomic E-state index is 12.3. The first-order valence-electron chi connectivity index (χ1n) is 7.86. The van der Waals surface area contributed by atoms with E-state index < -0.39 is 12.2 Å². The van der Waals surface area contributed by atoms with Gasteiger partial charge in [0, 0.05) is 15.1 Å². The minimum Gasteiger partial charge on any atom is -0.441 e. The normalized spacial score (nSPS) is 11.8. The molecule has 3 rings (SSSR count). The molecule has 0 spiro atoms. The molecule has 3 aromatic rings. The largest absolute Gasteiger partial charge is 0.441 e. The van der Waals surface area contributed by atoms with E-state index in [4.69, 9.17) is 16.3 Å². The summed E-state index contributed by atoms with van der Waals surface area (Å²) in [5.74, 6) is 0.448. The van der Waals surface area contributed by atoms with E-state index in [-0.39, 0.29) is 0 Å². The standard InChI is InChI=1S/C18H16BrClN4O2/c1-11-17(24(23-22-11)14-9-7-13(19)8-10-14)21-18(25)26-12(2)15-5-3-4-6-16(15)20/h3-10,12H,1-2H3,(H,21,25)/t12-/m1/s1. The highest BCUT2D eigenvalue weighted by molar-refractivity contribution is 9.10. The number of carbonyl (C=O) groups is 1. The van der Waals surface area contributed by atoms with Crippen molar-refractivity contribution in [2.24, 2.45) is 0 Å². The van der Waals surface area contributed by atoms with Gasteiger partial charge in [-0.3, -0.25) is 5.32 Å². The minimum atomic E-state index is -0.610. The summed E-state index contributed by atoms with van der Waals surface area (Å²) >= 11 is 9.54. The fourth-order valence-corrected chi connectivity index (χ4v) is 2.97. The van der Waals surface area contributed by atoms with Crippen molar-refractivity contribution in [1.29, 1.82) is 0 Å². The van der Waals surface area contributed by atoms with Gasteiger partial charge in [0.25, 0.3) is 0 Å². The zero-order chi connectivity index (χ0) is 18.7. The first-order chi connectivity index (χ1) is 12.5. The van der Waals surface area contributed by atoms with Gasteiger partial charge in [-0.1, -0.05) is 50.9 Å². The average molecular weight is 436 g/mol. The lowest BCUT2D eigenvalue weighted by Crippen LogP contribution is -2.19. The number of ether oxygens (including phenoxy) is 1. The molecule has 0 aliphatic rings. The Morgan fingerprint density at radius 2 is 1.92 bits per heavy atom. The number of benzene rings is 2. The van der Waals surface area contributed by atoms with Gasteiger partial charge in [-0.25, -0.2) is 4.79 Å². The van der Waals surface area contributed by atoms with Crippen molar-refractivity contribution in [2.75, 3.05) is 5.32 Å². The molecule has 0 bridgehead atoms. The summed E-state index contributed by atoms with van der Waals surface area (Å²) in [6.07, 6.45) is -1.11. The van der Waals surface area contributed by atoms with E-state index in [2.05, 4.69) is 31.6 Å². The molecule has 8 heteroatoms. The number of hydrogen-bond acceptors (Lipinski definition) is 4. The molecule has 0 saturated carbocycles. The predicted octanol–water partition coefficient (Wildman–Crippen LogP) is 5.30. The van der Waals surface area contributed by atoms with Crippen LogP contribution in [0.2, 0.25) is 5.02 Å². The molecule has 1 heterocycles. The lowest BCUT2D eigenvalue weighted by atomic mass is 10.1. The Kier molecular flexibility index (Phi) is 5.58. The fourth-order valence-electron chi connectivity index (χ4n) is 2.42. The van der Waals surface area contributed by atoms with Gasteiger partial charge in [-0.2, -0.15) is 4.68 Å². The quantitative estimate of drug-likeness (QED) is 0.603. The minimum absolute atomic E-state index is 0.448. The van der Waals surface area contributed by atoms with E-state index >= 15 is 0 Å². The summed E-state index contributed by atoms with van der Waals surface area (Å²) in [6.45, 7) is 3.52. The second kappa shape index (κ2) is 7.88. The van der Waals surface area contributed by atoms with Crippen LogP contribution in [0.15, 0.2) is 53.0 Å². The molecule has 6 nitrogen and oxygen atoms in total. The van der Waals surface area contributed by atoms with Gasteiger partial charge in [-0.05, 0) is 44.2 Å². The van der Waals surface area contributed by atoms with Gasteiger partial charge in [0.05, 0.1) is 5.69 Å². The number of carbonyl (C=O) groups excluding carboxylic acids is 1. The molecule has 26 heavy (non-hydrogen) atoms. The van der Waals surface area contributed by atoms with Gasteiger partial charge in [0.1, 0.15) is 11.8 Å². The zero-order valence-corrected chi connectivity index (χ0v) is 16.5. The number of nitrogens with zero attached hydrogens (tertiary/aromatic N) is 3. The van der Waals surface area contributed by atoms with Crippen LogP contribution < -0.4 is 5.32 Å². The number of aromatic nitrogens is 3. The Labute approximate surface area is 164 Å². The van der Waals surface area contributed by atoms with Crippen LogP contribution in [0, 0.1) is 6.92 Å². The SMILES string of the molecule is Cc1nnn(-c2ccc(Br)cc2)c1NC(=O)O[C@H](C)c1ccccc1Cl. The molecule has 0 aliphatic heterocycles. The Balaban J connectivity index is 1.77. The van der Waals surface area contributed by atoms with Crippen molar-refractivity contribution < 1.29 is 9.53 Å². The van der Waals surface area contributed by atoms with Crippen LogP contribution in [0.25, 0.3) is 5.69 Å². The van der Waals surface area contributed by atoms with Crippen molar-refractivity contribution in [3.8, 4) is 5.69 Å². The molecule has 0 unspecified atom stereocenters. The molecule has 1 aromatic heterocycles. The summed E-state index contributed by atoms with van der Waals surface area (Å²) in [5, 5.41) is 11.4. The van der Waals surface area contributed by atoms with E-state index in [1.54, 1.807) is 24.6 Å². The summed E-state index contributed by atoms with van der Waals surface area (Å²) in [5.41, 5.74) is 2.08. The smallest absolute Gasteiger partial charge is 0.413 e. The maximum atomic E-state index is 12.3. The van der Waals surface area contributed by atoms with E-state index in [1.165, 1.54) is 0 Å². The van der Waals surface area contributed by atoms with Crippen molar-refractivity contribution in [3.63, 3.8) is 0 Å².